The molecule has 0 aromatic heterocycles. The van der Waals surface area contributed by atoms with Crippen LogP contribution >= 0.6 is 0 Å². The maximum Gasteiger partial charge on any atom is 0.303 e. The highest BCUT2D eigenvalue weighted by Gasteiger charge is 2.21. The molecule has 0 aliphatic heterocycles. The maximum atomic E-state index is 11.9. The molecule has 0 aliphatic rings. The van der Waals surface area contributed by atoms with Gasteiger partial charge in [0, 0.05) is 48.6 Å². The average molecular weight is 653 g/mol. The van der Waals surface area contributed by atoms with Gasteiger partial charge in [-0.3, -0.25) is 9.59 Å². The lowest BCUT2D eigenvalue weighted by Crippen LogP contribution is -2.29. The van der Waals surface area contributed by atoms with E-state index in [2.05, 4.69) is 19.9 Å². The number of benzene rings is 3. The van der Waals surface area contributed by atoms with Gasteiger partial charge in [0.05, 0.1) is 13.2 Å². The molecule has 3 aromatic carbocycles. The molecule has 0 saturated carbocycles. The molecule has 0 radical (unpaired) electrons. The second-order valence-corrected chi connectivity index (χ2v) is 12.3. The number of fused-ring (bicyclic) bond motifs is 2. The van der Waals surface area contributed by atoms with Crippen LogP contribution in [0.4, 0.5) is 0 Å². The Balaban J connectivity index is 1.79. The Bertz CT molecular complexity index is 1370. The third-order valence-corrected chi connectivity index (χ3v) is 7.96. The fourth-order valence-electron chi connectivity index (χ4n) is 5.62. The van der Waals surface area contributed by atoms with Crippen LogP contribution in [0, 0.1) is 6.92 Å². The molecular formula is C39H56O8. The number of esters is 2. The van der Waals surface area contributed by atoms with E-state index in [0.29, 0.717) is 24.7 Å². The topological polar surface area (TPSA) is 89.5 Å². The lowest BCUT2D eigenvalue weighted by Gasteiger charge is -2.23. The smallest absolute Gasteiger partial charge is 0.303 e. The maximum absolute atomic E-state index is 11.9. The second kappa shape index (κ2) is 21.5. The zero-order chi connectivity index (χ0) is 33.9. The molecule has 47 heavy (non-hydrogen) atoms. The summed E-state index contributed by atoms with van der Waals surface area (Å²) in [5.74, 6) is 0.623. The van der Waals surface area contributed by atoms with Crippen LogP contribution in [0.2, 0.25) is 0 Å². The van der Waals surface area contributed by atoms with E-state index in [-0.39, 0.29) is 38.4 Å². The first kappa shape index (κ1) is 38.1. The Morgan fingerprint density at radius 1 is 0.574 bits per heavy atom. The van der Waals surface area contributed by atoms with Crippen LogP contribution in [-0.4, -0.2) is 63.8 Å². The number of hydrogen-bond acceptors (Lipinski definition) is 8. The van der Waals surface area contributed by atoms with E-state index in [1.807, 2.05) is 43.3 Å². The summed E-state index contributed by atoms with van der Waals surface area (Å²) < 4.78 is 35.9. The van der Waals surface area contributed by atoms with Gasteiger partial charge in [0.1, 0.15) is 24.7 Å². The normalized spacial score (nSPS) is 12.6. The van der Waals surface area contributed by atoms with Crippen LogP contribution in [0.3, 0.4) is 0 Å². The highest BCUT2D eigenvalue weighted by molar-refractivity contribution is 6.11. The van der Waals surface area contributed by atoms with E-state index in [1.165, 1.54) is 52.4 Å². The Labute approximate surface area is 281 Å². The highest BCUT2D eigenvalue weighted by atomic mass is 16.6. The van der Waals surface area contributed by atoms with Crippen molar-refractivity contribution < 1.29 is 38.0 Å². The second-order valence-electron chi connectivity index (χ2n) is 12.3. The van der Waals surface area contributed by atoms with Gasteiger partial charge in [0.25, 0.3) is 0 Å². The van der Waals surface area contributed by atoms with E-state index in [9.17, 15) is 9.59 Å². The summed E-state index contributed by atoms with van der Waals surface area (Å²) in [6.07, 6.45) is 10.4. The Morgan fingerprint density at radius 2 is 1.02 bits per heavy atom. The first-order valence-electron chi connectivity index (χ1n) is 17.5. The van der Waals surface area contributed by atoms with E-state index < -0.39 is 12.2 Å². The number of aryl methyl sites for hydroxylation is 1. The van der Waals surface area contributed by atoms with Gasteiger partial charge < -0.3 is 28.4 Å². The molecule has 8 heteroatoms. The Hall–Kier alpha value is -3.36. The summed E-state index contributed by atoms with van der Waals surface area (Å²) in [6, 6.07) is 14.0. The van der Waals surface area contributed by atoms with Crippen molar-refractivity contribution in [2.45, 2.75) is 111 Å². The van der Waals surface area contributed by atoms with Crippen molar-refractivity contribution in [2.24, 2.45) is 0 Å². The number of hydrogen-bond donors (Lipinski definition) is 0. The number of carbonyl (C=O) groups excluding carboxylic acids is 2. The van der Waals surface area contributed by atoms with Gasteiger partial charge in [-0.25, -0.2) is 0 Å². The zero-order valence-electron chi connectivity index (χ0n) is 29.3. The molecule has 8 nitrogen and oxygen atoms in total. The van der Waals surface area contributed by atoms with E-state index in [0.717, 1.165) is 52.8 Å². The van der Waals surface area contributed by atoms with Gasteiger partial charge in [-0.2, -0.15) is 0 Å². The third kappa shape index (κ3) is 13.3. The predicted octanol–water partition coefficient (Wildman–Crippen LogP) is 8.90. The van der Waals surface area contributed by atoms with Crippen LogP contribution in [0.1, 0.15) is 97.5 Å². The highest BCUT2D eigenvalue weighted by Crippen LogP contribution is 2.43. The zero-order valence-corrected chi connectivity index (χ0v) is 29.3. The van der Waals surface area contributed by atoms with Gasteiger partial charge >= 0.3 is 11.9 Å². The van der Waals surface area contributed by atoms with Gasteiger partial charge in [0.2, 0.25) is 0 Å². The number of ether oxygens (including phenoxy) is 6. The largest absolute Gasteiger partial charge is 0.488 e. The number of carbonyl (C=O) groups is 2. The predicted molar refractivity (Wildman–Crippen MR) is 187 cm³/mol. The Morgan fingerprint density at radius 3 is 1.49 bits per heavy atom. The van der Waals surface area contributed by atoms with Crippen molar-refractivity contribution in [3.63, 3.8) is 0 Å². The fourth-order valence-corrected chi connectivity index (χ4v) is 5.62. The first-order chi connectivity index (χ1) is 22.8. The number of unbranched alkanes of at least 4 members (excludes halogenated alkanes) is 8. The van der Waals surface area contributed by atoms with Crippen molar-refractivity contribution in [1.82, 2.24) is 0 Å². The van der Waals surface area contributed by atoms with Crippen LogP contribution in [-0.2, 0) is 28.5 Å². The van der Waals surface area contributed by atoms with E-state index in [4.69, 9.17) is 28.4 Å². The average Bonchev–Trinajstić information content (AvgIpc) is 3.04. The van der Waals surface area contributed by atoms with Crippen molar-refractivity contribution in [1.29, 1.82) is 0 Å². The summed E-state index contributed by atoms with van der Waals surface area (Å²) in [6.45, 7) is 11.3. The molecule has 0 bridgehead atoms. The molecule has 0 amide bonds. The monoisotopic (exact) mass is 652 g/mol. The molecule has 0 aliphatic carbocycles. The van der Waals surface area contributed by atoms with Gasteiger partial charge in [-0.05, 0) is 25.8 Å². The summed E-state index contributed by atoms with van der Waals surface area (Å²) >= 11 is 0. The van der Waals surface area contributed by atoms with Crippen LogP contribution < -0.4 is 9.47 Å². The quantitative estimate of drug-likeness (QED) is 0.0539. The van der Waals surface area contributed by atoms with Crippen molar-refractivity contribution in [3.8, 4) is 11.5 Å². The molecule has 0 fully saturated rings. The minimum absolute atomic E-state index is 0.146. The number of rotatable bonds is 24. The van der Waals surface area contributed by atoms with E-state index >= 15 is 0 Å². The van der Waals surface area contributed by atoms with Crippen LogP contribution in [0.25, 0.3) is 21.5 Å². The molecule has 2 atom stereocenters. The van der Waals surface area contributed by atoms with Gasteiger partial charge in [0.15, 0.2) is 12.2 Å². The molecule has 260 valence electrons. The summed E-state index contributed by atoms with van der Waals surface area (Å²) in [5.41, 5.74) is 1.07. The van der Waals surface area contributed by atoms with Gasteiger partial charge in [-0.15, -0.1) is 0 Å². The fraction of sp³-hybridized carbons (Fsp3) is 0.590. The SMILES string of the molecule is CCCCCCCOCC(COc1c2ccccc2c(OCC(COCCCCCCC)OC(C)=O)c2cc(C)ccc12)OC(C)=O. The molecule has 3 rings (SSSR count). The van der Waals surface area contributed by atoms with E-state index in [1.54, 1.807) is 0 Å². The summed E-state index contributed by atoms with van der Waals surface area (Å²) in [7, 11) is 0. The minimum Gasteiger partial charge on any atom is -0.488 e. The minimum atomic E-state index is -0.547. The lowest BCUT2D eigenvalue weighted by atomic mass is 9.99. The van der Waals surface area contributed by atoms with Crippen molar-refractivity contribution in [3.05, 3.63) is 48.0 Å². The standard InChI is InChI=1S/C39H56O8/c1-6-8-10-12-16-22-42-25-32(46-30(4)40)27-44-38-34-18-14-15-19-35(34)39(37-24-29(3)20-21-36(37)38)45-28-33(47-31(5)41)26-43-23-17-13-11-9-7-2/h14-15,18-21,24,32-33H,6-13,16-17,22-23,25-28H2,1-5H3. The Kier molecular flexibility index (Phi) is 17.4. The first-order valence-corrected chi connectivity index (χ1v) is 17.5. The lowest BCUT2D eigenvalue weighted by molar-refractivity contribution is -0.152. The molecule has 0 saturated heterocycles. The summed E-state index contributed by atoms with van der Waals surface area (Å²) in [4.78, 5) is 23.8. The molecule has 2 unspecified atom stereocenters. The van der Waals surface area contributed by atoms with Gasteiger partial charge in [-0.1, -0.05) is 107 Å². The van der Waals surface area contributed by atoms with Crippen molar-refractivity contribution >= 4 is 33.5 Å². The molecule has 0 spiro atoms. The van der Waals surface area contributed by atoms with Crippen molar-refractivity contribution in [2.75, 3.05) is 39.6 Å². The molecule has 0 N–H and O–H groups in total. The molecule has 0 heterocycles. The van der Waals surface area contributed by atoms with Crippen LogP contribution in [0.5, 0.6) is 11.5 Å². The summed E-state index contributed by atoms with van der Waals surface area (Å²) in [5, 5.41) is 3.48. The third-order valence-electron chi connectivity index (χ3n) is 7.96. The molecular weight excluding hydrogens is 596 g/mol. The van der Waals surface area contributed by atoms with Crippen LogP contribution in [0.15, 0.2) is 42.5 Å². The molecule has 3 aromatic rings.